The van der Waals surface area contributed by atoms with Gasteiger partial charge < -0.3 is 14.8 Å². The third-order valence-electron chi connectivity index (χ3n) is 5.74. The number of hydrogen-bond acceptors (Lipinski definition) is 7. The van der Waals surface area contributed by atoms with Crippen LogP contribution in [-0.4, -0.2) is 34.3 Å². The largest absolute Gasteiger partial charge is 0.504 e. The van der Waals surface area contributed by atoms with Crippen LogP contribution in [0.25, 0.3) is 0 Å². The first-order valence-electron chi connectivity index (χ1n) is 9.60. The summed E-state index contributed by atoms with van der Waals surface area (Å²) in [6, 6.07) is 12.2. The molecule has 2 aliphatic rings. The lowest BCUT2D eigenvalue weighted by Crippen LogP contribution is -2.32. The van der Waals surface area contributed by atoms with Crippen LogP contribution in [0.2, 0.25) is 0 Å². The van der Waals surface area contributed by atoms with Crippen LogP contribution in [0.4, 0.5) is 5.69 Å². The number of rotatable bonds is 3. The fourth-order valence-corrected chi connectivity index (χ4v) is 6.83. The van der Waals surface area contributed by atoms with E-state index in [2.05, 4.69) is 4.98 Å². The van der Waals surface area contributed by atoms with E-state index >= 15 is 0 Å². The number of methoxy groups -OCH3 is 1. The van der Waals surface area contributed by atoms with E-state index in [1.807, 2.05) is 19.1 Å². The summed E-state index contributed by atoms with van der Waals surface area (Å²) in [5, 5.41) is 9.98. The lowest BCUT2D eigenvalue weighted by atomic mass is 9.83. The number of hydrogen-bond donors (Lipinski definition) is 2. The fourth-order valence-electron chi connectivity index (χ4n) is 4.32. The molecule has 3 aromatic rings. The number of fused-ring (bicyclic) bond motifs is 2. The van der Waals surface area contributed by atoms with Gasteiger partial charge in [0.25, 0.3) is 0 Å². The number of phenols is 1. The van der Waals surface area contributed by atoms with Gasteiger partial charge in [0.1, 0.15) is 5.25 Å². The molecule has 1 fully saturated rings. The molecule has 2 aromatic carbocycles. The first-order valence-corrected chi connectivity index (χ1v) is 11.3. The molecule has 158 valence electrons. The number of phenolic OH excluding ortho intramolecular Hbond substituents is 1. The average molecular weight is 455 g/mol. The smallest absolute Gasteiger partial charge is 0.305 e. The first-order chi connectivity index (χ1) is 14.9. The molecule has 2 N–H and O–H groups in total. The first kappa shape index (κ1) is 19.9. The number of carbonyl (C=O) groups is 2. The van der Waals surface area contributed by atoms with Crippen molar-refractivity contribution in [3.05, 3.63) is 68.1 Å². The number of thioether (sulfide) groups is 1. The lowest BCUT2D eigenvalue weighted by Gasteiger charge is -2.30. The zero-order valence-electron chi connectivity index (χ0n) is 16.6. The van der Waals surface area contributed by atoms with Gasteiger partial charge in [-0.05, 0) is 36.2 Å². The van der Waals surface area contributed by atoms with Crippen molar-refractivity contribution in [1.82, 2.24) is 4.98 Å². The minimum Gasteiger partial charge on any atom is -0.504 e. The van der Waals surface area contributed by atoms with Crippen LogP contribution < -0.4 is 14.5 Å². The molecule has 1 saturated heterocycles. The number of thiazole rings is 1. The van der Waals surface area contributed by atoms with Crippen molar-refractivity contribution in [2.75, 3.05) is 12.0 Å². The average Bonchev–Trinajstić information content (AvgIpc) is 3.24. The summed E-state index contributed by atoms with van der Waals surface area (Å²) in [7, 11) is 1.45. The van der Waals surface area contributed by atoms with Crippen LogP contribution >= 0.6 is 23.1 Å². The molecule has 0 radical (unpaired) electrons. The van der Waals surface area contributed by atoms with Crippen LogP contribution in [0.3, 0.4) is 0 Å². The van der Waals surface area contributed by atoms with E-state index in [1.54, 1.807) is 24.3 Å². The summed E-state index contributed by atoms with van der Waals surface area (Å²) in [6.45, 7) is 1.86. The maximum absolute atomic E-state index is 13.7. The second kappa shape index (κ2) is 7.28. The quantitative estimate of drug-likeness (QED) is 0.590. The van der Waals surface area contributed by atoms with E-state index in [0.717, 1.165) is 21.8 Å². The number of ether oxygens (including phenoxy) is 1. The minimum absolute atomic E-state index is 0.0224. The predicted octanol–water partition coefficient (Wildman–Crippen LogP) is 3.25. The van der Waals surface area contributed by atoms with Gasteiger partial charge in [-0.15, -0.1) is 0 Å². The van der Waals surface area contributed by atoms with Crippen molar-refractivity contribution in [2.24, 2.45) is 5.92 Å². The number of H-pyrrole nitrogens is 1. The molecule has 2 amide bonds. The molecule has 0 bridgehead atoms. The summed E-state index contributed by atoms with van der Waals surface area (Å²) < 4.78 is 5.25. The number of nitrogens with one attached hydrogen (secondary N) is 1. The molecule has 9 heteroatoms. The molecule has 3 atom stereocenters. The highest BCUT2D eigenvalue weighted by Crippen LogP contribution is 2.53. The summed E-state index contributed by atoms with van der Waals surface area (Å²) in [5.41, 5.74) is 2.11. The van der Waals surface area contributed by atoms with Gasteiger partial charge >= 0.3 is 4.87 Å². The molecule has 0 saturated carbocycles. The predicted molar refractivity (Wildman–Crippen MR) is 118 cm³/mol. The normalized spacial score (nSPS) is 22.4. The van der Waals surface area contributed by atoms with Crippen molar-refractivity contribution < 1.29 is 19.4 Å². The number of para-hydroxylation sites is 1. The Morgan fingerprint density at radius 2 is 1.87 bits per heavy atom. The molecular weight excluding hydrogens is 436 g/mol. The molecule has 3 heterocycles. The molecule has 0 aliphatic carbocycles. The SMILES string of the molecule is COc1cc(C2c3sc(=O)[nH]c3SC3C(=O)N(c4ccccc4C)C(=O)C32)ccc1O. The van der Waals surface area contributed by atoms with Gasteiger partial charge in [0.15, 0.2) is 11.5 Å². The summed E-state index contributed by atoms with van der Waals surface area (Å²) >= 11 is 2.28. The summed E-state index contributed by atoms with van der Waals surface area (Å²) in [6.07, 6.45) is 0. The molecule has 2 aliphatic heterocycles. The Morgan fingerprint density at radius 1 is 1.10 bits per heavy atom. The Labute approximate surface area is 185 Å². The second-order valence-electron chi connectivity index (χ2n) is 7.48. The molecule has 7 nitrogen and oxygen atoms in total. The van der Waals surface area contributed by atoms with Crippen LogP contribution in [-0.2, 0) is 9.59 Å². The molecule has 3 unspecified atom stereocenters. The van der Waals surface area contributed by atoms with Gasteiger partial charge in [-0.1, -0.05) is 47.4 Å². The van der Waals surface area contributed by atoms with E-state index in [1.165, 1.54) is 29.8 Å². The number of imide groups is 1. The number of aromatic hydroxyl groups is 1. The second-order valence-corrected chi connectivity index (χ2v) is 9.65. The van der Waals surface area contributed by atoms with Crippen LogP contribution in [0.1, 0.15) is 21.9 Å². The Balaban J connectivity index is 1.68. The number of nitrogens with zero attached hydrogens (tertiary/aromatic N) is 1. The zero-order chi connectivity index (χ0) is 21.9. The van der Waals surface area contributed by atoms with Gasteiger partial charge in [0, 0.05) is 10.8 Å². The highest BCUT2D eigenvalue weighted by Gasteiger charge is 2.56. The van der Waals surface area contributed by atoms with Gasteiger partial charge in [-0.2, -0.15) is 0 Å². The van der Waals surface area contributed by atoms with E-state index in [9.17, 15) is 19.5 Å². The number of aromatic nitrogens is 1. The monoisotopic (exact) mass is 454 g/mol. The summed E-state index contributed by atoms with van der Waals surface area (Å²) in [4.78, 5) is 43.8. The Kier molecular flexibility index (Phi) is 4.67. The van der Waals surface area contributed by atoms with E-state index in [-0.39, 0.29) is 28.2 Å². The number of anilines is 1. The van der Waals surface area contributed by atoms with Gasteiger partial charge in [-0.3, -0.25) is 14.4 Å². The molecule has 5 rings (SSSR count). The third-order valence-corrected chi connectivity index (χ3v) is 8.14. The van der Waals surface area contributed by atoms with Gasteiger partial charge in [0.05, 0.1) is 23.7 Å². The number of carbonyl (C=O) groups excluding carboxylic acids is 2. The highest BCUT2D eigenvalue weighted by molar-refractivity contribution is 8.00. The van der Waals surface area contributed by atoms with E-state index < -0.39 is 17.1 Å². The Hall–Kier alpha value is -3.04. The van der Waals surface area contributed by atoms with Crippen LogP contribution in [0, 0.1) is 12.8 Å². The third kappa shape index (κ3) is 2.99. The Bertz CT molecular complexity index is 1280. The van der Waals surface area contributed by atoms with Crippen LogP contribution in [0.5, 0.6) is 11.5 Å². The summed E-state index contributed by atoms with van der Waals surface area (Å²) in [5.74, 6) is -1.52. The van der Waals surface area contributed by atoms with Crippen molar-refractivity contribution in [2.45, 2.75) is 23.1 Å². The number of aromatic amines is 1. The molecule has 31 heavy (non-hydrogen) atoms. The number of aryl methyl sites for hydroxylation is 1. The molecule has 0 spiro atoms. The number of benzene rings is 2. The molecular formula is C22H18N2O5S2. The zero-order valence-corrected chi connectivity index (χ0v) is 18.3. The van der Waals surface area contributed by atoms with Gasteiger partial charge in [-0.25, -0.2) is 4.90 Å². The van der Waals surface area contributed by atoms with Crippen molar-refractivity contribution >= 4 is 40.6 Å². The highest BCUT2D eigenvalue weighted by atomic mass is 32.2. The maximum atomic E-state index is 13.7. The molecule has 1 aromatic heterocycles. The van der Waals surface area contributed by atoms with E-state index in [0.29, 0.717) is 16.3 Å². The standard InChI is InChI=1S/C22H18N2O5S2/c1-10-5-3-4-6-12(10)24-20(26)16-15(11-7-8-13(25)14(9-11)29-2)17-19(23-22(28)31-17)30-18(16)21(24)27/h3-9,15-16,18,25H,1-2H3,(H,23,28). The van der Waals surface area contributed by atoms with Crippen molar-refractivity contribution in [3.63, 3.8) is 0 Å². The maximum Gasteiger partial charge on any atom is 0.305 e. The van der Waals surface area contributed by atoms with Crippen LogP contribution in [0.15, 0.2) is 52.3 Å². The fraction of sp³-hybridized carbons (Fsp3) is 0.227. The minimum atomic E-state index is -0.676. The number of amides is 2. The van der Waals surface area contributed by atoms with Gasteiger partial charge in [0.2, 0.25) is 11.8 Å². The lowest BCUT2D eigenvalue weighted by molar-refractivity contribution is -0.122. The Morgan fingerprint density at radius 3 is 2.61 bits per heavy atom. The van der Waals surface area contributed by atoms with E-state index in [4.69, 9.17) is 4.74 Å². The van der Waals surface area contributed by atoms with Crippen molar-refractivity contribution in [3.8, 4) is 11.5 Å². The van der Waals surface area contributed by atoms with Crippen molar-refractivity contribution in [1.29, 1.82) is 0 Å². The topological polar surface area (TPSA) is 99.7 Å².